The van der Waals surface area contributed by atoms with Crippen LogP contribution in [-0.4, -0.2) is 13.2 Å². The molecule has 21 heavy (non-hydrogen) atoms. The summed E-state index contributed by atoms with van der Waals surface area (Å²) in [6.07, 6.45) is 2.76. The molecule has 0 saturated heterocycles. The van der Waals surface area contributed by atoms with Crippen molar-refractivity contribution < 1.29 is 9.47 Å². The van der Waals surface area contributed by atoms with Crippen LogP contribution in [0.25, 0.3) is 0 Å². The highest BCUT2D eigenvalue weighted by atomic mass is 16.5. The van der Waals surface area contributed by atoms with Crippen molar-refractivity contribution in [3.8, 4) is 17.6 Å². The predicted octanol–water partition coefficient (Wildman–Crippen LogP) is 3.64. The Balaban J connectivity index is 2.53. The van der Waals surface area contributed by atoms with Crippen LogP contribution in [-0.2, 0) is 6.54 Å². The van der Waals surface area contributed by atoms with Crippen LogP contribution in [0.1, 0.15) is 45.6 Å². The molecule has 0 unspecified atom stereocenters. The van der Waals surface area contributed by atoms with E-state index in [1.165, 1.54) is 0 Å². The van der Waals surface area contributed by atoms with E-state index in [1.54, 1.807) is 0 Å². The molecule has 0 fully saturated rings. The van der Waals surface area contributed by atoms with E-state index in [-0.39, 0.29) is 5.41 Å². The molecule has 116 valence electrons. The highest BCUT2D eigenvalue weighted by molar-refractivity contribution is 5.46. The van der Waals surface area contributed by atoms with Crippen LogP contribution in [0.3, 0.4) is 0 Å². The second-order valence-corrected chi connectivity index (χ2v) is 5.68. The molecule has 0 bridgehead atoms. The Kier molecular flexibility index (Phi) is 7.04. The monoisotopic (exact) mass is 290 g/mol. The number of hydrogen-bond donors (Lipinski definition) is 1. The molecule has 0 atom stereocenters. The summed E-state index contributed by atoms with van der Waals surface area (Å²) >= 11 is 0. The van der Waals surface area contributed by atoms with Gasteiger partial charge in [-0.1, -0.05) is 12.1 Å². The summed E-state index contributed by atoms with van der Waals surface area (Å²) in [4.78, 5) is 0. The number of benzene rings is 1. The van der Waals surface area contributed by atoms with Gasteiger partial charge < -0.3 is 15.2 Å². The fourth-order valence-electron chi connectivity index (χ4n) is 2.05. The highest BCUT2D eigenvalue weighted by Gasteiger charge is 2.15. The van der Waals surface area contributed by atoms with Gasteiger partial charge in [0, 0.05) is 12.1 Å². The van der Waals surface area contributed by atoms with E-state index in [2.05, 4.69) is 6.07 Å². The molecule has 0 aliphatic heterocycles. The fourth-order valence-corrected chi connectivity index (χ4v) is 2.05. The molecule has 1 aromatic carbocycles. The maximum absolute atomic E-state index is 8.98. The zero-order chi connectivity index (χ0) is 15.7. The van der Waals surface area contributed by atoms with Gasteiger partial charge in [-0.15, -0.1) is 0 Å². The van der Waals surface area contributed by atoms with Crippen molar-refractivity contribution in [2.75, 3.05) is 13.2 Å². The van der Waals surface area contributed by atoms with Gasteiger partial charge in [0.1, 0.15) is 0 Å². The van der Waals surface area contributed by atoms with E-state index in [0.717, 1.165) is 36.3 Å². The molecule has 1 rings (SSSR count). The second-order valence-electron chi connectivity index (χ2n) is 5.68. The van der Waals surface area contributed by atoms with Crippen LogP contribution in [0, 0.1) is 16.7 Å². The molecular formula is C17H26N2O2. The Morgan fingerprint density at radius 1 is 1.24 bits per heavy atom. The number of para-hydroxylation sites is 1. The lowest BCUT2D eigenvalue weighted by Crippen LogP contribution is -2.09. The topological polar surface area (TPSA) is 68.3 Å². The average molecular weight is 290 g/mol. The van der Waals surface area contributed by atoms with Gasteiger partial charge in [0.05, 0.1) is 24.7 Å². The van der Waals surface area contributed by atoms with Gasteiger partial charge in [-0.3, -0.25) is 0 Å². The average Bonchev–Trinajstić information content (AvgIpc) is 2.48. The summed E-state index contributed by atoms with van der Waals surface area (Å²) in [7, 11) is 0. The Morgan fingerprint density at radius 2 is 2.00 bits per heavy atom. The predicted molar refractivity (Wildman–Crippen MR) is 84.2 cm³/mol. The Morgan fingerprint density at radius 3 is 2.62 bits per heavy atom. The van der Waals surface area contributed by atoms with Crippen molar-refractivity contribution in [1.82, 2.24) is 0 Å². The fraction of sp³-hybridized carbons (Fsp3) is 0.588. The van der Waals surface area contributed by atoms with Crippen LogP contribution in [0.4, 0.5) is 0 Å². The van der Waals surface area contributed by atoms with Crippen LogP contribution >= 0.6 is 0 Å². The van der Waals surface area contributed by atoms with Crippen LogP contribution < -0.4 is 15.2 Å². The summed E-state index contributed by atoms with van der Waals surface area (Å²) in [5.41, 5.74) is 6.45. The van der Waals surface area contributed by atoms with E-state index in [4.69, 9.17) is 20.5 Å². The SMILES string of the molecule is CCOc1cccc(CN)c1OCCCCC(C)(C)C#N. The second kappa shape index (κ2) is 8.53. The molecule has 4 heteroatoms. The minimum absolute atomic E-state index is 0.258. The Labute approximate surface area is 127 Å². The standard InChI is InChI=1S/C17H26N2O2/c1-4-20-15-9-7-8-14(12-18)16(15)21-11-6-5-10-17(2,3)13-19/h7-9H,4-6,10-12,18H2,1-3H3. The third-order valence-electron chi connectivity index (χ3n) is 3.33. The lowest BCUT2D eigenvalue weighted by molar-refractivity contribution is 0.263. The quantitative estimate of drug-likeness (QED) is 0.705. The van der Waals surface area contributed by atoms with Crippen molar-refractivity contribution in [2.45, 2.75) is 46.6 Å². The summed E-state index contributed by atoms with van der Waals surface area (Å²) in [6.45, 7) is 7.51. The van der Waals surface area contributed by atoms with Gasteiger partial charge in [-0.2, -0.15) is 5.26 Å². The van der Waals surface area contributed by atoms with Crippen LogP contribution in [0.15, 0.2) is 18.2 Å². The number of rotatable bonds is 9. The maximum Gasteiger partial charge on any atom is 0.165 e. The minimum atomic E-state index is -0.258. The number of nitriles is 1. The van der Waals surface area contributed by atoms with Gasteiger partial charge in [-0.05, 0) is 46.1 Å². The van der Waals surface area contributed by atoms with Crippen LogP contribution in [0.5, 0.6) is 11.5 Å². The summed E-state index contributed by atoms with van der Waals surface area (Å²) < 4.78 is 11.5. The summed E-state index contributed by atoms with van der Waals surface area (Å²) in [5.74, 6) is 1.50. The zero-order valence-electron chi connectivity index (χ0n) is 13.3. The first-order valence-electron chi connectivity index (χ1n) is 7.53. The smallest absolute Gasteiger partial charge is 0.165 e. The third-order valence-corrected chi connectivity index (χ3v) is 3.33. The van der Waals surface area contributed by atoms with Gasteiger partial charge >= 0.3 is 0 Å². The molecule has 2 N–H and O–H groups in total. The molecular weight excluding hydrogens is 264 g/mol. The minimum Gasteiger partial charge on any atom is -0.490 e. The van der Waals surface area contributed by atoms with Crippen molar-refractivity contribution in [3.63, 3.8) is 0 Å². The molecule has 4 nitrogen and oxygen atoms in total. The number of nitrogens with zero attached hydrogens (tertiary/aromatic N) is 1. The van der Waals surface area contributed by atoms with E-state index in [9.17, 15) is 0 Å². The molecule has 0 spiro atoms. The Bertz CT molecular complexity index is 478. The third kappa shape index (κ3) is 5.65. The lowest BCUT2D eigenvalue weighted by atomic mass is 9.89. The van der Waals surface area contributed by atoms with Crippen LogP contribution in [0.2, 0.25) is 0 Å². The number of ether oxygens (including phenoxy) is 2. The van der Waals surface area contributed by atoms with Gasteiger partial charge in [0.25, 0.3) is 0 Å². The molecule has 0 heterocycles. The van der Waals surface area contributed by atoms with E-state index in [1.807, 2.05) is 39.0 Å². The zero-order valence-corrected chi connectivity index (χ0v) is 13.3. The molecule has 0 saturated carbocycles. The largest absolute Gasteiger partial charge is 0.490 e. The molecule has 0 amide bonds. The van der Waals surface area contributed by atoms with Crippen molar-refractivity contribution in [2.24, 2.45) is 11.1 Å². The molecule has 0 radical (unpaired) electrons. The Hall–Kier alpha value is -1.73. The van der Waals surface area contributed by atoms with Gasteiger partial charge in [-0.25, -0.2) is 0 Å². The molecule has 0 aromatic heterocycles. The van der Waals surface area contributed by atoms with E-state index >= 15 is 0 Å². The van der Waals surface area contributed by atoms with Crippen molar-refractivity contribution >= 4 is 0 Å². The lowest BCUT2D eigenvalue weighted by Gasteiger charge is -2.17. The number of nitrogens with two attached hydrogens (primary N) is 1. The van der Waals surface area contributed by atoms with Gasteiger partial charge in [0.2, 0.25) is 0 Å². The molecule has 0 aliphatic rings. The summed E-state index contributed by atoms with van der Waals surface area (Å²) in [6, 6.07) is 8.10. The van der Waals surface area contributed by atoms with E-state index in [0.29, 0.717) is 19.8 Å². The highest BCUT2D eigenvalue weighted by Crippen LogP contribution is 2.31. The van der Waals surface area contributed by atoms with E-state index < -0.39 is 0 Å². The normalized spacial score (nSPS) is 11.0. The first-order valence-corrected chi connectivity index (χ1v) is 7.53. The molecule has 0 aliphatic carbocycles. The first kappa shape index (κ1) is 17.3. The first-order chi connectivity index (χ1) is 10.0. The van der Waals surface area contributed by atoms with Crippen molar-refractivity contribution in [1.29, 1.82) is 5.26 Å². The maximum atomic E-state index is 8.98. The molecule has 1 aromatic rings. The van der Waals surface area contributed by atoms with Crippen molar-refractivity contribution in [3.05, 3.63) is 23.8 Å². The number of unbranched alkanes of at least 4 members (excludes halogenated alkanes) is 1. The summed E-state index contributed by atoms with van der Waals surface area (Å²) in [5, 5.41) is 8.98. The van der Waals surface area contributed by atoms with Gasteiger partial charge in [0.15, 0.2) is 11.5 Å². The number of hydrogen-bond acceptors (Lipinski definition) is 4.